The van der Waals surface area contributed by atoms with Crippen LogP contribution in [-0.4, -0.2) is 25.5 Å². The van der Waals surface area contributed by atoms with Crippen molar-refractivity contribution in [3.63, 3.8) is 0 Å². The second-order valence-electron chi connectivity index (χ2n) is 5.49. The van der Waals surface area contributed by atoms with Crippen molar-refractivity contribution in [3.8, 4) is 6.07 Å². The molecule has 0 aliphatic heterocycles. The number of carbonyl (C=O) groups excluding carboxylic acids is 1. The number of nitrogens with one attached hydrogen (secondary N) is 1. The van der Waals surface area contributed by atoms with Gasteiger partial charge in [0.15, 0.2) is 0 Å². The maximum absolute atomic E-state index is 11.9. The minimum absolute atomic E-state index is 0.0495. The van der Waals surface area contributed by atoms with Gasteiger partial charge in [-0.05, 0) is 25.0 Å². The van der Waals surface area contributed by atoms with Gasteiger partial charge in [-0.3, -0.25) is 4.79 Å². The smallest absolute Gasteiger partial charge is 0.239 e. The number of nitrogens with zero attached hydrogens (tertiary/aromatic N) is 2. The van der Waals surface area contributed by atoms with Crippen molar-refractivity contribution in [2.75, 3.05) is 18.5 Å². The molecule has 0 bridgehead atoms. The molecule has 106 valence electrons. The zero-order valence-corrected chi connectivity index (χ0v) is 12.0. The molecule has 1 fully saturated rings. The van der Waals surface area contributed by atoms with E-state index in [0.717, 1.165) is 29.3 Å². The van der Waals surface area contributed by atoms with Crippen LogP contribution < -0.4 is 10.2 Å². The second kappa shape index (κ2) is 5.45. The molecule has 0 aromatic heterocycles. The third kappa shape index (κ3) is 2.82. The van der Waals surface area contributed by atoms with Crippen LogP contribution in [0.3, 0.4) is 0 Å². The van der Waals surface area contributed by atoms with Crippen LogP contribution in [0.15, 0.2) is 36.4 Å². The van der Waals surface area contributed by atoms with Crippen molar-refractivity contribution in [3.05, 3.63) is 42.0 Å². The Hall–Kier alpha value is -2.54. The number of amides is 1. The SMILES string of the molecule is CN(CC(=O)NC1CC1)c1ccc(C#N)c2ccccc12. The fraction of sp³-hybridized carbons (Fsp3) is 0.294. The standard InChI is InChI=1S/C17H17N3O/c1-20(11-17(21)19-13-7-8-13)16-9-6-12(10-18)14-4-2-3-5-15(14)16/h2-6,9,13H,7-8,11H2,1H3,(H,19,21). The second-order valence-corrected chi connectivity index (χ2v) is 5.49. The van der Waals surface area contributed by atoms with E-state index in [2.05, 4.69) is 11.4 Å². The van der Waals surface area contributed by atoms with E-state index in [4.69, 9.17) is 0 Å². The van der Waals surface area contributed by atoms with Gasteiger partial charge in [0, 0.05) is 29.5 Å². The Balaban J connectivity index is 1.89. The predicted molar refractivity (Wildman–Crippen MR) is 83.1 cm³/mol. The van der Waals surface area contributed by atoms with Gasteiger partial charge in [0.05, 0.1) is 18.2 Å². The number of anilines is 1. The highest BCUT2D eigenvalue weighted by molar-refractivity contribution is 5.98. The van der Waals surface area contributed by atoms with E-state index in [1.807, 2.05) is 48.3 Å². The first-order valence-electron chi connectivity index (χ1n) is 7.11. The van der Waals surface area contributed by atoms with Crippen LogP contribution in [0, 0.1) is 11.3 Å². The molecule has 0 heterocycles. The van der Waals surface area contributed by atoms with Gasteiger partial charge in [-0.15, -0.1) is 0 Å². The molecule has 0 spiro atoms. The number of hydrogen-bond acceptors (Lipinski definition) is 3. The molecule has 0 radical (unpaired) electrons. The van der Waals surface area contributed by atoms with E-state index in [9.17, 15) is 10.1 Å². The number of nitriles is 1. The minimum atomic E-state index is 0.0495. The van der Waals surface area contributed by atoms with Crippen LogP contribution >= 0.6 is 0 Å². The van der Waals surface area contributed by atoms with Crippen molar-refractivity contribution in [1.82, 2.24) is 5.32 Å². The van der Waals surface area contributed by atoms with E-state index < -0.39 is 0 Å². The Bertz CT molecular complexity index is 728. The van der Waals surface area contributed by atoms with Gasteiger partial charge in [-0.2, -0.15) is 5.26 Å². The van der Waals surface area contributed by atoms with Gasteiger partial charge in [0.2, 0.25) is 5.91 Å². The van der Waals surface area contributed by atoms with Gasteiger partial charge in [-0.1, -0.05) is 24.3 Å². The van der Waals surface area contributed by atoms with Gasteiger partial charge in [0.25, 0.3) is 0 Å². The monoisotopic (exact) mass is 279 g/mol. The lowest BCUT2D eigenvalue weighted by Crippen LogP contribution is -2.36. The summed E-state index contributed by atoms with van der Waals surface area (Å²) in [5.74, 6) is 0.0495. The van der Waals surface area contributed by atoms with Crippen molar-refractivity contribution in [2.24, 2.45) is 0 Å². The zero-order chi connectivity index (χ0) is 14.8. The van der Waals surface area contributed by atoms with Crippen LogP contribution in [0.1, 0.15) is 18.4 Å². The summed E-state index contributed by atoms with van der Waals surface area (Å²) >= 11 is 0. The Morgan fingerprint density at radius 2 is 2.00 bits per heavy atom. The Labute approximate surface area is 124 Å². The zero-order valence-electron chi connectivity index (χ0n) is 12.0. The molecular formula is C17H17N3O. The van der Waals surface area contributed by atoms with Crippen LogP contribution in [-0.2, 0) is 4.79 Å². The summed E-state index contributed by atoms with van der Waals surface area (Å²) in [5.41, 5.74) is 1.63. The molecule has 0 atom stereocenters. The number of carbonyl (C=O) groups is 1. The summed E-state index contributed by atoms with van der Waals surface area (Å²) in [6, 6.07) is 14.1. The summed E-state index contributed by atoms with van der Waals surface area (Å²) in [6.45, 7) is 0.326. The average molecular weight is 279 g/mol. The number of hydrogen-bond donors (Lipinski definition) is 1. The van der Waals surface area contributed by atoms with E-state index in [-0.39, 0.29) is 5.91 Å². The minimum Gasteiger partial charge on any atom is -0.365 e. The molecule has 2 aromatic carbocycles. The maximum Gasteiger partial charge on any atom is 0.239 e. The fourth-order valence-electron chi connectivity index (χ4n) is 2.52. The van der Waals surface area contributed by atoms with Crippen LogP contribution in [0.5, 0.6) is 0 Å². The van der Waals surface area contributed by atoms with Gasteiger partial charge < -0.3 is 10.2 Å². The normalized spacial score (nSPS) is 13.7. The molecule has 3 rings (SSSR count). The molecule has 21 heavy (non-hydrogen) atoms. The van der Waals surface area contributed by atoms with Crippen molar-refractivity contribution in [1.29, 1.82) is 5.26 Å². The largest absolute Gasteiger partial charge is 0.365 e. The Kier molecular flexibility index (Phi) is 3.49. The summed E-state index contributed by atoms with van der Waals surface area (Å²) in [4.78, 5) is 13.9. The van der Waals surface area contributed by atoms with Crippen LogP contribution in [0.2, 0.25) is 0 Å². The highest BCUT2D eigenvalue weighted by atomic mass is 16.2. The van der Waals surface area contributed by atoms with Crippen LogP contribution in [0.4, 0.5) is 5.69 Å². The summed E-state index contributed by atoms with van der Waals surface area (Å²) in [6.07, 6.45) is 2.19. The molecule has 0 unspecified atom stereocenters. The molecule has 1 aliphatic rings. The molecule has 4 nitrogen and oxygen atoms in total. The molecule has 1 saturated carbocycles. The molecule has 1 N–H and O–H groups in total. The molecule has 0 saturated heterocycles. The number of fused-ring (bicyclic) bond motifs is 1. The highest BCUT2D eigenvalue weighted by Crippen LogP contribution is 2.28. The topological polar surface area (TPSA) is 56.1 Å². The number of likely N-dealkylation sites (N-methyl/N-ethyl adjacent to an activating group) is 1. The Morgan fingerprint density at radius 3 is 2.67 bits per heavy atom. The fourth-order valence-corrected chi connectivity index (χ4v) is 2.52. The third-order valence-corrected chi connectivity index (χ3v) is 3.76. The number of rotatable bonds is 4. The summed E-state index contributed by atoms with van der Waals surface area (Å²) in [5, 5.41) is 14.1. The first-order valence-corrected chi connectivity index (χ1v) is 7.11. The predicted octanol–water partition coefficient (Wildman–Crippen LogP) is 2.43. The summed E-state index contributed by atoms with van der Waals surface area (Å²) < 4.78 is 0. The quantitative estimate of drug-likeness (QED) is 0.935. The van der Waals surface area contributed by atoms with E-state index in [1.54, 1.807) is 0 Å². The van der Waals surface area contributed by atoms with E-state index in [1.165, 1.54) is 0 Å². The van der Waals surface area contributed by atoms with Crippen molar-refractivity contribution >= 4 is 22.4 Å². The molecule has 2 aromatic rings. The lowest BCUT2D eigenvalue weighted by molar-refractivity contribution is -0.119. The Morgan fingerprint density at radius 1 is 1.29 bits per heavy atom. The van der Waals surface area contributed by atoms with E-state index >= 15 is 0 Å². The lowest BCUT2D eigenvalue weighted by Gasteiger charge is -2.21. The molecule has 1 aliphatic carbocycles. The van der Waals surface area contributed by atoms with Gasteiger partial charge in [-0.25, -0.2) is 0 Å². The molecule has 4 heteroatoms. The first kappa shape index (κ1) is 13.4. The van der Waals surface area contributed by atoms with E-state index in [0.29, 0.717) is 18.2 Å². The molecule has 1 amide bonds. The van der Waals surface area contributed by atoms with Gasteiger partial charge >= 0.3 is 0 Å². The number of benzene rings is 2. The maximum atomic E-state index is 11.9. The first-order chi connectivity index (χ1) is 10.2. The average Bonchev–Trinajstić information content (AvgIpc) is 3.29. The van der Waals surface area contributed by atoms with Crippen LogP contribution in [0.25, 0.3) is 10.8 Å². The third-order valence-electron chi connectivity index (χ3n) is 3.76. The molecular weight excluding hydrogens is 262 g/mol. The van der Waals surface area contributed by atoms with Gasteiger partial charge in [0.1, 0.15) is 0 Å². The highest BCUT2D eigenvalue weighted by Gasteiger charge is 2.23. The van der Waals surface area contributed by atoms with Crippen molar-refractivity contribution in [2.45, 2.75) is 18.9 Å². The van der Waals surface area contributed by atoms with Crippen molar-refractivity contribution < 1.29 is 4.79 Å². The lowest BCUT2D eigenvalue weighted by atomic mass is 10.0. The summed E-state index contributed by atoms with van der Waals surface area (Å²) in [7, 11) is 1.90.